The average Bonchev–Trinajstić information content (AvgIpc) is 3.55. The summed E-state index contributed by atoms with van der Waals surface area (Å²) >= 11 is 0. The molecule has 1 fully saturated rings. The number of nitriles is 1. The third-order valence-electron chi connectivity index (χ3n) is 6.39. The van der Waals surface area contributed by atoms with Crippen molar-refractivity contribution in [2.45, 2.75) is 65.0 Å². The van der Waals surface area contributed by atoms with Crippen LogP contribution in [0.5, 0.6) is 0 Å². The van der Waals surface area contributed by atoms with Crippen molar-refractivity contribution in [1.29, 1.82) is 5.26 Å². The Labute approximate surface area is 226 Å². The van der Waals surface area contributed by atoms with Crippen LogP contribution >= 0.6 is 0 Å². The molecule has 5 heterocycles. The number of likely N-dealkylation sites (tertiary alicyclic amines) is 1. The first kappa shape index (κ1) is 26.1. The predicted octanol–water partition coefficient (Wildman–Crippen LogP) is 4.20. The zero-order valence-corrected chi connectivity index (χ0v) is 22.8. The Bertz CT molecular complexity index is 1530. The van der Waals surface area contributed by atoms with Crippen LogP contribution in [-0.4, -0.2) is 70.5 Å². The fourth-order valence-electron chi connectivity index (χ4n) is 4.58. The number of hydrogen-bond donors (Lipinski definition) is 1. The summed E-state index contributed by atoms with van der Waals surface area (Å²) in [4.78, 5) is 23.2. The smallest absolute Gasteiger partial charge is 0.410 e. The Morgan fingerprint density at radius 3 is 2.62 bits per heavy atom. The molecule has 5 rings (SSSR count). The zero-order valence-electron chi connectivity index (χ0n) is 22.8. The maximum atomic E-state index is 12.4. The van der Waals surface area contributed by atoms with Gasteiger partial charge in [0.25, 0.3) is 0 Å². The van der Waals surface area contributed by atoms with Gasteiger partial charge in [-0.15, -0.1) is 5.10 Å². The number of rotatable bonds is 5. The van der Waals surface area contributed by atoms with Gasteiger partial charge in [-0.05, 0) is 53.5 Å². The Balaban J connectivity index is 1.37. The molecule has 12 heteroatoms. The van der Waals surface area contributed by atoms with Gasteiger partial charge in [-0.25, -0.2) is 19.4 Å². The third-order valence-corrected chi connectivity index (χ3v) is 6.39. The Hall–Kier alpha value is -4.53. The van der Waals surface area contributed by atoms with Crippen molar-refractivity contribution >= 4 is 22.8 Å². The monoisotopic (exact) mass is 528 g/mol. The fraction of sp³-hybridized carbons (Fsp3) is 0.444. The molecule has 1 saturated heterocycles. The highest BCUT2D eigenvalue weighted by atomic mass is 16.6. The molecule has 4 aromatic heterocycles. The second-order valence-electron chi connectivity index (χ2n) is 11.0. The Morgan fingerprint density at radius 1 is 1.15 bits per heavy atom. The second-order valence-corrected chi connectivity index (χ2v) is 11.0. The van der Waals surface area contributed by atoms with E-state index in [1.54, 1.807) is 32.7 Å². The van der Waals surface area contributed by atoms with Crippen molar-refractivity contribution in [1.82, 2.24) is 39.6 Å². The van der Waals surface area contributed by atoms with E-state index < -0.39 is 5.60 Å². The molecule has 0 aromatic carbocycles. The number of pyridine rings is 2. The number of fused-ring (bicyclic) bond motifs is 1. The number of nitrogens with one attached hydrogen (secondary N) is 1. The molecular formula is C27H32N10O2. The molecule has 39 heavy (non-hydrogen) atoms. The molecule has 4 aromatic rings. The predicted molar refractivity (Wildman–Crippen MR) is 145 cm³/mol. The van der Waals surface area contributed by atoms with Crippen molar-refractivity contribution < 1.29 is 9.53 Å². The summed E-state index contributed by atoms with van der Waals surface area (Å²) < 4.78 is 8.90. The van der Waals surface area contributed by atoms with Crippen LogP contribution in [0.15, 0.2) is 36.9 Å². The van der Waals surface area contributed by atoms with Crippen LogP contribution in [0, 0.1) is 11.3 Å². The number of nitrogens with zero attached hydrogens (tertiary/aromatic N) is 9. The van der Waals surface area contributed by atoms with Gasteiger partial charge < -0.3 is 15.0 Å². The average molecular weight is 529 g/mol. The zero-order chi connectivity index (χ0) is 27.7. The summed E-state index contributed by atoms with van der Waals surface area (Å²) in [5, 5.41) is 26.7. The van der Waals surface area contributed by atoms with Crippen molar-refractivity contribution in [2.24, 2.45) is 0 Å². The molecule has 0 radical (unpaired) electrons. The molecule has 0 bridgehead atoms. The maximum absolute atomic E-state index is 12.4. The number of anilines is 1. The van der Waals surface area contributed by atoms with Crippen LogP contribution < -0.4 is 5.32 Å². The van der Waals surface area contributed by atoms with Crippen molar-refractivity contribution in [2.75, 3.05) is 18.4 Å². The summed E-state index contributed by atoms with van der Waals surface area (Å²) in [6, 6.07) is 5.92. The minimum atomic E-state index is -0.510. The fourth-order valence-corrected chi connectivity index (χ4v) is 4.58. The number of carbonyl (C=O) groups excluding carboxylic acids is 1. The topological polar surface area (TPSA) is 140 Å². The van der Waals surface area contributed by atoms with Crippen LogP contribution in [0.3, 0.4) is 0 Å². The Morgan fingerprint density at radius 2 is 1.92 bits per heavy atom. The lowest BCUT2D eigenvalue weighted by molar-refractivity contribution is 0.0204. The van der Waals surface area contributed by atoms with E-state index in [0.29, 0.717) is 30.1 Å². The molecule has 1 aliphatic heterocycles. The number of ether oxygens (including phenoxy) is 1. The van der Waals surface area contributed by atoms with Gasteiger partial charge in [0.15, 0.2) is 11.5 Å². The molecular weight excluding hydrogens is 496 g/mol. The normalized spacial score (nSPS) is 14.5. The first-order chi connectivity index (χ1) is 18.6. The van der Waals surface area contributed by atoms with Gasteiger partial charge >= 0.3 is 6.09 Å². The highest BCUT2D eigenvalue weighted by Crippen LogP contribution is 2.29. The quantitative estimate of drug-likeness (QED) is 0.403. The van der Waals surface area contributed by atoms with E-state index in [0.717, 1.165) is 35.3 Å². The summed E-state index contributed by atoms with van der Waals surface area (Å²) in [7, 11) is 0. The molecule has 0 aliphatic carbocycles. The lowest BCUT2D eigenvalue weighted by Crippen LogP contribution is -2.41. The van der Waals surface area contributed by atoms with Crippen molar-refractivity contribution in [3.05, 3.63) is 48.2 Å². The van der Waals surface area contributed by atoms with Crippen LogP contribution in [-0.2, 0) is 4.74 Å². The molecule has 1 aliphatic rings. The lowest BCUT2D eigenvalue weighted by atomic mass is 9.94. The molecule has 1 N–H and O–H groups in total. The van der Waals surface area contributed by atoms with E-state index in [2.05, 4.69) is 50.6 Å². The van der Waals surface area contributed by atoms with E-state index in [9.17, 15) is 4.79 Å². The summed E-state index contributed by atoms with van der Waals surface area (Å²) in [6.45, 7) is 11.0. The molecule has 1 amide bonds. The van der Waals surface area contributed by atoms with E-state index in [4.69, 9.17) is 10.00 Å². The van der Waals surface area contributed by atoms with E-state index in [-0.39, 0.29) is 18.1 Å². The molecule has 0 spiro atoms. The van der Waals surface area contributed by atoms with Gasteiger partial charge in [0, 0.05) is 42.7 Å². The molecule has 202 valence electrons. The van der Waals surface area contributed by atoms with E-state index in [1.165, 1.54) is 6.20 Å². The van der Waals surface area contributed by atoms with Crippen LogP contribution in [0.25, 0.3) is 22.5 Å². The van der Waals surface area contributed by atoms with Crippen LogP contribution in [0.1, 0.15) is 64.6 Å². The number of aromatic nitrogens is 7. The summed E-state index contributed by atoms with van der Waals surface area (Å²) in [6.07, 6.45) is 8.18. The number of carbonyl (C=O) groups is 1. The highest BCUT2D eigenvalue weighted by molar-refractivity contribution is 5.77. The van der Waals surface area contributed by atoms with E-state index >= 15 is 0 Å². The minimum absolute atomic E-state index is 0.157. The largest absolute Gasteiger partial charge is 0.444 e. The SMILES string of the molecule is CC(C)Nc1cc(-n2ncc3cc(C#N)cnc32)ncc1-n1cc(C2CCN(C(=O)OC(C)(C)C)CC2)nn1. The molecule has 0 unspecified atom stereocenters. The van der Waals surface area contributed by atoms with Gasteiger partial charge in [-0.1, -0.05) is 5.21 Å². The first-order valence-corrected chi connectivity index (χ1v) is 13.0. The number of hydrogen-bond acceptors (Lipinski definition) is 9. The Kier molecular flexibility index (Phi) is 6.91. The number of piperidine rings is 1. The van der Waals surface area contributed by atoms with Gasteiger partial charge in [0.1, 0.15) is 17.4 Å². The summed E-state index contributed by atoms with van der Waals surface area (Å²) in [5.41, 5.74) is 3.05. The maximum Gasteiger partial charge on any atom is 0.410 e. The van der Waals surface area contributed by atoms with Gasteiger partial charge in [0.2, 0.25) is 0 Å². The molecule has 0 atom stereocenters. The van der Waals surface area contributed by atoms with Crippen LogP contribution in [0.2, 0.25) is 0 Å². The van der Waals surface area contributed by atoms with Gasteiger partial charge in [-0.2, -0.15) is 15.0 Å². The standard InChI is InChI=1S/C27H32N10O2/c1-17(2)32-21-11-24(37-25-20(14-31-37)10-18(12-28)13-30-25)29-15-23(21)36-16-22(33-34-36)19-6-8-35(9-7-19)26(38)39-27(3,4)5/h10-11,13-17,19H,6-9H2,1-5H3,(H,29,32). The van der Waals surface area contributed by atoms with Crippen molar-refractivity contribution in [3.63, 3.8) is 0 Å². The third kappa shape index (κ3) is 5.67. The molecule has 0 saturated carbocycles. The first-order valence-electron chi connectivity index (χ1n) is 13.0. The van der Waals surface area contributed by atoms with Gasteiger partial charge in [-0.3, -0.25) is 0 Å². The highest BCUT2D eigenvalue weighted by Gasteiger charge is 2.29. The molecule has 12 nitrogen and oxygen atoms in total. The van der Waals surface area contributed by atoms with E-state index in [1.807, 2.05) is 33.0 Å². The lowest BCUT2D eigenvalue weighted by Gasteiger charge is -2.32. The van der Waals surface area contributed by atoms with Gasteiger partial charge in [0.05, 0.1) is 35.5 Å². The van der Waals surface area contributed by atoms with Crippen molar-refractivity contribution in [3.8, 4) is 17.6 Å². The van der Waals surface area contributed by atoms with Crippen LogP contribution in [0.4, 0.5) is 10.5 Å². The number of amides is 1. The minimum Gasteiger partial charge on any atom is -0.444 e. The second kappa shape index (κ2) is 10.3. The summed E-state index contributed by atoms with van der Waals surface area (Å²) in [5.74, 6) is 0.787.